The van der Waals surface area contributed by atoms with Crippen molar-refractivity contribution in [2.24, 2.45) is 11.7 Å². The number of amides is 2. The van der Waals surface area contributed by atoms with Gasteiger partial charge in [-0.05, 0) is 63.4 Å². The minimum absolute atomic E-state index is 0. The van der Waals surface area contributed by atoms with Gasteiger partial charge in [-0.15, -0.1) is 23.7 Å². The molecule has 1 fully saturated rings. The Hall–Kier alpha value is -2.50. The van der Waals surface area contributed by atoms with Crippen molar-refractivity contribution in [1.82, 2.24) is 25.1 Å². The molecule has 1 aliphatic carbocycles. The maximum absolute atomic E-state index is 14.1. The second-order valence-corrected chi connectivity index (χ2v) is 13.0. The van der Waals surface area contributed by atoms with Gasteiger partial charge < -0.3 is 25.8 Å². The summed E-state index contributed by atoms with van der Waals surface area (Å²) >= 11 is 7.56. The summed E-state index contributed by atoms with van der Waals surface area (Å²) in [5.74, 6) is -0.909. The first-order valence-electron chi connectivity index (χ1n) is 14.5. The Kier molecular flexibility index (Phi) is 10.4. The Balaban J connectivity index is 0.00000405. The summed E-state index contributed by atoms with van der Waals surface area (Å²) in [7, 11) is 2.05. The lowest BCUT2D eigenvalue weighted by Gasteiger charge is -2.43. The van der Waals surface area contributed by atoms with Crippen LogP contribution in [0.5, 0.6) is 0 Å². The summed E-state index contributed by atoms with van der Waals surface area (Å²) in [6.45, 7) is 7.14. The van der Waals surface area contributed by atoms with Crippen LogP contribution >= 0.6 is 35.3 Å². The van der Waals surface area contributed by atoms with E-state index < -0.39 is 11.6 Å². The molecule has 12 heteroatoms. The molecule has 1 aromatic carbocycles. The molecule has 4 N–H and O–H groups in total. The van der Waals surface area contributed by atoms with Crippen molar-refractivity contribution in [3.8, 4) is 0 Å². The van der Waals surface area contributed by atoms with Gasteiger partial charge in [-0.2, -0.15) is 0 Å². The normalized spacial score (nSPS) is 22.3. The average Bonchev–Trinajstić information content (AvgIpc) is 3.57. The number of thiazole rings is 1. The van der Waals surface area contributed by atoms with E-state index in [0.29, 0.717) is 35.2 Å². The highest BCUT2D eigenvalue weighted by Gasteiger charge is 2.49. The van der Waals surface area contributed by atoms with Gasteiger partial charge in [0.25, 0.3) is 5.91 Å². The van der Waals surface area contributed by atoms with E-state index in [1.165, 1.54) is 11.3 Å². The molecule has 2 aromatic heterocycles. The standard InChI is InChI=1S/C30H39ClN6O3S.ClH/c1-4-11-37(12-5-2)29(40)18-8-10-30(32,26(38)23-15-19-14-20(31)6-7-21(19)33-23)25(16-18)35-27(39)28-34-22-9-13-36(3)17-24(22)41-28;/h6-7,14-15,18,25,33H,4-5,8-13,16-17,32H2,1-3H3,(H,35,39);1H. The van der Waals surface area contributed by atoms with Crippen molar-refractivity contribution in [3.05, 3.63) is 50.6 Å². The Morgan fingerprint density at radius 1 is 1.24 bits per heavy atom. The second kappa shape index (κ2) is 13.4. The number of ketones is 1. The van der Waals surface area contributed by atoms with Crippen LogP contribution in [0, 0.1) is 5.92 Å². The molecule has 2 aliphatic rings. The van der Waals surface area contributed by atoms with Gasteiger partial charge in [0.05, 0.1) is 17.4 Å². The third kappa shape index (κ3) is 6.53. The number of carbonyl (C=O) groups excluding carboxylic acids is 3. The maximum Gasteiger partial charge on any atom is 0.280 e. The molecule has 0 bridgehead atoms. The monoisotopic (exact) mass is 634 g/mol. The van der Waals surface area contributed by atoms with Gasteiger partial charge in [-0.1, -0.05) is 25.4 Å². The van der Waals surface area contributed by atoms with Gasteiger partial charge in [0.1, 0.15) is 5.54 Å². The molecule has 1 saturated carbocycles. The largest absolute Gasteiger partial charge is 0.352 e. The third-order valence-electron chi connectivity index (χ3n) is 8.37. The highest BCUT2D eigenvalue weighted by molar-refractivity contribution is 7.13. The topological polar surface area (TPSA) is 124 Å². The number of fused-ring (bicyclic) bond motifs is 2. The van der Waals surface area contributed by atoms with Crippen LogP contribution in [0.3, 0.4) is 0 Å². The number of aromatic amines is 1. The van der Waals surface area contributed by atoms with Crippen LogP contribution in [0.25, 0.3) is 10.9 Å². The molecule has 9 nitrogen and oxygen atoms in total. The van der Waals surface area contributed by atoms with Crippen LogP contribution in [-0.4, -0.2) is 75.6 Å². The lowest BCUT2D eigenvalue weighted by atomic mass is 9.70. The zero-order valence-electron chi connectivity index (χ0n) is 24.4. The molecule has 3 atom stereocenters. The van der Waals surface area contributed by atoms with Crippen LogP contribution in [0.2, 0.25) is 5.02 Å². The van der Waals surface area contributed by atoms with E-state index >= 15 is 0 Å². The Labute approximate surface area is 262 Å². The third-order valence-corrected chi connectivity index (χ3v) is 9.68. The Morgan fingerprint density at radius 2 is 1.98 bits per heavy atom. The van der Waals surface area contributed by atoms with Crippen molar-refractivity contribution >= 4 is 63.8 Å². The number of nitrogens with zero attached hydrogens (tertiary/aromatic N) is 3. The molecule has 1 aliphatic heterocycles. The van der Waals surface area contributed by atoms with E-state index in [4.69, 9.17) is 17.3 Å². The van der Waals surface area contributed by atoms with Crippen LogP contribution < -0.4 is 11.1 Å². The zero-order valence-corrected chi connectivity index (χ0v) is 26.8. The van der Waals surface area contributed by atoms with Gasteiger partial charge in [0.2, 0.25) is 11.7 Å². The van der Waals surface area contributed by atoms with Crippen LogP contribution in [0.4, 0.5) is 0 Å². The number of carbonyl (C=O) groups is 3. The number of Topliss-reactive ketones (excluding diaryl/α,β-unsaturated/α-hetero) is 1. The minimum Gasteiger partial charge on any atom is -0.352 e. The van der Waals surface area contributed by atoms with Crippen LogP contribution in [0.15, 0.2) is 24.3 Å². The first-order valence-corrected chi connectivity index (χ1v) is 15.7. The summed E-state index contributed by atoms with van der Waals surface area (Å²) in [6, 6.07) is 6.39. The summed E-state index contributed by atoms with van der Waals surface area (Å²) in [5.41, 5.74) is 7.67. The van der Waals surface area contributed by atoms with Gasteiger partial charge in [0, 0.05) is 59.3 Å². The molecule has 3 heterocycles. The number of halogens is 2. The number of H-pyrrole nitrogens is 1. The first-order chi connectivity index (χ1) is 19.6. The number of rotatable bonds is 9. The number of hydrogen-bond donors (Lipinski definition) is 3. The molecular formula is C30H40Cl2N6O3S. The van der Waals surface area contributed by atoms with Gasteiger partial charge in [-0.25, -0.2) is 4.98 Å². The fraction of sp³-hybridized carbons (Fsp3) is 0.533. The summed E-state index contributed by atoms with van der Waals surface area (Å²) < 4.78 is 0. The number of nitrogens with one attached hydrogen (secondary N) is 2. The van der Waals surface area contributed by atoms with E-state index in [1.54, 1.807) is 18.2 Å². The SMILES string of the molecule is CCCN(CCC)C(=O)C1CCC(N)(C(=O)c2cc3cc(Cl)ccc3[nH]2)C(NC(=O)c2nc3c(s2)CN(C)CC3)C1.Cl. The van der Waals surface area contributed by atoms with Crippen molar-refractivity contribution < 1.29 is 14.4 Å². The molecule has 0 saturated heterocycles. The van der Waals surface area contributed by atoms with Gasteiger partial charge in [0.15, 0.2) is 5.01 Å². The van der Waals surface area contributed by atoms with Crippen molar-refractivity contribution in [3.63, 3.8) is 0 Å². The Morgan fingerprint density at radius 3 is 2.69 bits per heavy atom. The quantitative estimate of drug-likeness (QED) is 0.290. The number of nitrogens with two attached hydrogens (primary N) is 1. The van der Waals surface area contributed by atoms with Crippen LogP contribution in [0.1, 0.15) is 76.8 Å². The van der Waals surface area contributed by atoms with Crippen LogP contribution in [-0.2, 0) is 17.8 Å². The van der Waals surface area contributed by atoms with Gasteiger partial charge in [-0.3, -0.25) is 14.4 Å². The smallest absolute Gasteiger partial charge is 0.280 e. The molecule has 3 aromatic rings. The molecule has 2 amide bonds. The highest BCUT2D eigenvalue weighted by atomic mass is 35.5. The molecule has 5 rings (SSSR count). The van der Waals surface area contributed by atoms with E-state index in [1.807, 2.05) is 18.0 Å². The van der Waals surface area contributed by atoms with Gasteiger partial charge >= 0.3 is 0 Å². The Bertz CT molecular complexity index is 1450. The number of aromatic nitrogens is 2. The van der Waals surface area contributed by atoms with E-state index in [0.717, 1.165) is 53.8 Å². The highest BCUT2D eigenvalue weighted by Crippen LogP contribution is 2.36. The fourth-order valence-corrected chi connectivity index (χ4v) is 7.40. The summed E-state index contributed by atoms with van der Waals surface area (Å²) in [5, 5.41) is 4.82. The van der Waals surface area contributed by atoms with E-state index in [9.17, 15) is 14.4 Å². The van der Waals surface area contributed by atoms with Crippen molar-refractivity contribution in [1.29, 1.82) is 0 Å². The molecule has 228 valence electrons. The molecule has 42 heavy (non-hydrogen) atoms. The minimum atomic E-state index is -1.39. The fourth-order valence-electron chi connectivity index (χ4n) is 6.13. The summed E-state index contributed by atoms with van der Waals surface area (Å²) in [6.07, 6.45) is 3.56. The van der Waals surface area contributed by atoms with Crippen molar-refractivity contribution in [2.45, 2.75) is 70.5 Å². The lowest BCUT2D eigenvalue weighted by molar-refractivity contribution is -0.137. The molecule has 0 radical (unpaired) electrons. The van der Waals surface area contributed by atoms with E-state index in [2.05, 4.69) is 34.0 Å². The average molecular weight is 636 g/mol. The number of benzene rings is 1. The zero-order chi connectivity index (χ0) is 29.3. The van der Waals surface area contributed by atoms with E-state index in [-0.39, 0.29) is 48.8 Å². The number of hydrogen-bond acceptors (Lipinski definition) is 7. The number of likely N-dealkylation sites (N-methyl/N-ethyl adjacent to an activating group) is 1. The van der Waals surface area contributed by atoms with Crippen molar-refractivity contribution in [2.75, 3.05) is 26.7 Å². The predicted molar refractivity (Wildman–Crippen MR) is 170 cm³/mol. The predicted octanol–water partition coefficient (Wildman–Crippen LogP) is 4.82. The molecular weight excluding hydrogens is 595 g/mol. The molecule has 0 spiro atoms. The maximum atomic E-state index is 14.1. The summed E-state index contributed by atoms with van der Waals surface area (Å²) in [4.78, 5) is 54.3. The second-order valence-electron chi connectivity index (χ2n) is 11.5. The molecule has 3 unspecified atom stereocenters. The first kappa shape index (κ1) is 32.4. The lowest BCUT2D eigenvalue weighted by Crippen LogP contribution is -2.66.